The summed E-state index contributed by atoms with van der Waals surface area (Å²) in [6.45, 7) is 9.17. The molecular formula is C25H46O4. The zero-order valence-corrected chi connectivity index (χ0v) is 19.5. The highest BCUT2D eigenvalue weighted by atomic mass is 16.6. The third kappa shape index (κ3) is 17.5. The van der Waals surface area contributed by atoms with Crippen LogP contribution in [0.1, 0.15) is 103 Å². The Kier molecular flexibility index (Phi) is 20.8. The van der Waals surface area contributed by atoms with Crippen LogP contribution in [0, 0.1) is 0 Å². The van der Waals surface area contributed by atoms with Crippen LogP contribution >= 0.6 is 0 Å². The van der Waals surface area contributed by atoms with E-state index >= 15 is 0 Å². The van der Waals surface area contributed by atoms with Gasteiger partial charge in [0.25, 0.3) is 0 Å². The molecule has 0 amide bonds. The van der Waals surface area contributed by atoms with E-state index in [1.54, 1.807) is 13.2 Å². The summed E-state index contributed by atoms with van der Waals surface area (Å²) in [6, 6.07) is 7.29. The normalized spacial score (nSPS) is 11.6. The van der Waals surface area contributed by atoms with E-state index in [1.165, 1.54) is 51.4 Å². The lowest BCUT2D eigenvalue weighted by Gasteiger charge is -2.12. The molecule has 0 aromatic heterocycles. The van der Waals surface area contributed by atoms with Gasteiger partial charge in [-0.25, -0.2) is 0 Å². The molecule has 0 fully saturated rings. The van der Waals surface area contributed by atoms with Gasteiger partial charge in [0, 0.05) is 18.8 Å². The van der Waals surface area contributed by atoms with Crippen LogP contribution in [0.4, 0.5) is 0 Å². The standard InChI is InChI=1S/C13H20O3.C12H26O/c1-3-4-5-9-16-13(14)11-7-6-8-12(10-11)15-2;1-3-5-7-9-11-13-12-10-8-6-4-2/h6-8,10,13-14H,3-5,9H2,1-2H3;3-12H2,1-2H3. The van der Waals surface area contributed by atoms with Gasteiger partial charge in [-0.05, 0) is 31.4 Å². The Balaban J connectivity index is 0.000000555. The predicted molar refractivity (Wildman–Crippen MR) is 123 cm³/mol. The molecule has 4 heteroatoms. The van der Waals surface area contributed by atoms with E-state index in [9.17, 15) is 5.11 Å². The van der Waals surface area contributed by atoms with Crippen molar-refractivity contribution in [3.8, 4) is 5.75 Å². The van der Waals surface area contributed by atoms with E-state index in [0.29, 0.717) is 6.61 Å². The molecule has 29 heavy (non-hydrogen) atoms. The Morgan fingerprint density at radius 1 is 0.759 bits per heavy atom. The molecule has 0 radical (unpaired) electrons. The van der Waals surface area contributed by atoms with Crippen molar-refractivity contribution in [3.63, 3.8) is 0 Å². The third-order valence-corrected chi connectivity index (χ3v) is 4.69. The molecule has 1 aromatic rings. The van der Waals surface area contributed by atoms with Crippen molar-refractivity contribution >= 4 is 0 Å². The van der Waals surface area contributed by atoms with Gasteiger partial charge < -0.3 is 19.3 Å². The first-order chi connectivity index (χ1) is 14.2. The molecule has 1 atom stereocenters. The second-order valence-corrected chi connectivity index (χ2v) is 7.44. The molecule has 4 nitrogen and oxygen atoms in total. The van der Waals surface area contributed by atoms with Crippen LogP contribution in [0.5, 0.6) is 5.75 Å². The summed E-state index contributed by atoms with van der Waals surface area (Å²) >= 11 is 0. The van der Waals surface area contributed by atoms with E-state index in [4.69, 9.17) is 14.2 Å². The molecule has 0 aliphatic carbocycles. The summed E-state index contributed by atoms with van der Waals surface area (Å²) in [5.74, 6) is 0.730. The molecule has 170 valence electrons. The molecule has 1 unspecified atom stereocenters. The molecule has 0 aliphatic rings. The van der Waals surface area contributed by atoms with Crippen LogP contribution in [-0.4, -0.2) is 32.0 Å². The Labute approximate surface area is 180 Å². The monoisotopic (exact) mass is 410 g/mol. The number of unbranched alkanes of at least 4 members (excludes halogenated alkanes) is 8. The summed E-state index contributed by atoms with van der Waals surface area (Å²) in [5, 5.41) is 9.76. The molecule has 1 aromatic carbocycles. The van der Waals surface area contributed by atoms with Gasteiger partial charge >= 0.3 is 0 Å². The summed E-state index contributed by atoms with van der Waals surface area (Å²) < 4.78 is 15.9. The molecule has 0 spiro atoms. The van der Waals surface area contributed by atoms with Gasteiger partial charge in [-0.15, -0.1) is 0 Å². The van der Waals surface area contributed by atoms with Crippen LogP contribution in [-0.2, 0) is 9.47 Å². The maximum atomic E-state index is 9.76. The zero-order valence-electron chi connectivity index (χ0n) is 19.5. The van der Waals surface area contributed by atoms with Crippen LogP contribution in [0.15, 0.2) is 24.3 Å². The van der Waals surface area contributed by atoms with Crippen molar-refractivity contribution in [2.45, 2.75) is 97.7 Å². The average Bonchev–Trinajstić information content (AvgIpc) is 2.76. The second kappa shape index (κ2) is 21.6. The summed E-state index contributed by atoms with van der Waals surface area (Å²) in [6.07, 6.45) is 12.9. The first-order valence-corrected chi connectivity index (χ1v) is 11.7. The predicted octanol–water partition coefficient (Wildman–Crippen LogP) is 7.06. The number of hydrogen-bond donors (Lipinski definition) is 1. The van der Waals surface area contributed by atoms with Crippen LogP contribution < -0.4 is 4.74 Å². The third-order valence-electron chi connectivity index (χ3n) is 4.69. The van der Waals surface area contributed by atoms with E-state index in [0.717, 1.165) is 43.8 Å². The van der Waals surface area contributed by atoms with Gasteiger partial charge in [0.15, 0.2) is 6.29 Å². The number of benzene rings is 1. The van der Waals surface area contributed by atoms with Gasteiger partial charge in [-0.2, -0.15) is 0 Å². The molecule has 0 saturated heterocycles. The lowest BCUT2D eigenvalue weighted by atomic mass is 10.2. The van der Waals surface area contributed by atoms with Gasteiger partial charge in [0.2, 0.25) is 0 Å². The number of aliphatic hydroxyl groups excluding tert-OH is 1. The highest BCUT2D eigenvalue weighted by molar-refractivity contribution is 5.28. The molecule has 1 N–H and O–H groups in total. The fraction of sp³-hybridized carbons (Fsp3) is 0.760. The average molecular weight is 411 g/mol. The Bertz CT molecular complexity index is 440. The number of hydrogen-bond acceptors (Lipinski definition) is 4. The van der Waals surface area contributed by atoms with Crippen molar-refractivity contribution < 1.29 is 19.3 Å². The SMILES string of the molecule is CCCCCCOCCCCCC.CCCCCOC(O)c1cccc(OC)c1. The lowest BCUT2D eigenvalue weighted by molar-refractivity contribution is -0.103. The molecule has 0 saturated carbocycles. The quantitative estimate of drug-likeness (QED) is 0.221. The van der Waals surface area contributed by atoms with Gasteiger partial charge in [-0.3, -0.25) is 0 Å². The van der Waals surface area contributed by atoms with Crippen molar-refractivity contribution in [2.24, 2.45) is 0 Å². The minimum atomic E-state index is -0.855. The van der Waals surface area contributed by atoms with Crippen LogP contribution in [0.2, 0.25) is 0 Å². The number of aliphatic hydroxyl groups is 1. The smallest absolute Gasteiger partial charge is 0.181 e. The first kappa shape index (κ1) is 27.9. The number of ether oxygens (including phenoxy) is 3. The van der Waals surface area contributed by atoms with Gasteiger partial charge in [-0.1, -0.05) is 84.3 Å². The number of methoxy groups -OCH3 is 1. The Morgan fingerprint density at radius 3 is 1.86 bits per heavy atom. The van der Waals surface area contributed by atoms with Crippen molar-refractivity contribution in [2.75, 3.05) is 26.9 Å². The molecule has 0 heterocycles. The van der Waals surface area contributed by atoms with Gasteiger partial charge in [0.05, 0.1) is 13.7 Å². The molecule has 1 rings (SSSR count). The van der Waals surface area contributed by atoms with E-state index in [-0.39, 0.29) is 0 Å². The maximum absolute atomic E-state index is 9.76. The lowest BCUT2D eigenvalue weighted by Crippen LogP contribution is -2.04. The highest BCUT2D eigenvalue weighted by Crippen LogP contribution is 2.20. The topological polar surface area (TPSA) is 47.9 Å². The minimum Gasteiger partial charge on any atom is -0.497 e. The van der Waals surface area contributed by atoms with Crippen molar-refractivity contribution in [3.05, 3.63) is 29.8 Å². The van der Waals surface area contributed by atoms with Crippen LogP contribution in [0.3, 0.4) is 0 Å². The largest absolute Gasteiger partial charge is 0.497 e. The Morgan fingerprint density at radius 2 is 1.31 bits per heavy atom. The van der Waals surface area contributed by atoms with Crippen LogP contribution in [0.25, 0.3) is 0 Å². The summed E-state index contributed by atoms with van der Waals surface area (Å²) in [5.41, 5.74) is 0.732. The molecular weight excluding hydrogens is 364 g/mol. The van der Waals surface area contributed by atoms with E-state index in [1.807, 2.05) is 18.2 Å². The maximum Gasteiger partial charge on any atom is 0.181 e. The fourth-order valence-electron chi connectivity index (χ4n) is 2.80. The van der Waals surface area contributed by atoms with Crippen molar-refractivity contribution in [1.29, 1.82) is 0 Å². The highest BCUT2D eigenvalue weighted by Gasteiger charge is 2.07. The van der Waals surface area contributed by atoms with Crippen molar-refractivity contribution in [1.82, 2.24) is 0 Å². The zero-order chi connectivity index (χ0) is 21.6. The van der Waals surface area contributed by atoms with E-state index in [2.05, 4.69) is 20.8 Å². The summed E-state index contributed by atoms with van der Waals surface area (Å²) in [4.78, 5) is 0. The summed E-state index contributed by atoms with van der Waals surface area (Å²) in [7, 11) is 1.60. The minimum absolute atomic E-state index is 0.590. The molecule has 0 aliphatic heterocycles. The van der Waals surface area contributed by atoms with E-state index < -0.39 is 6.29 Å². The number of rotatable bonds is 17. The van der Waals surface area contributed by atoms with Gasteiger partial charge in [0.1, 0.15) is 5.75 Å². The second-order valence-electron chi connectivity index (χ2n) is 7.44. The fourth-order valence-corrected chi connectivity index (χ4v) is 2.80. The first-order valence-electron chi connectivity index (χ1n) is 11.7. The Hall–Kier alpha value is -1.10. The molecule has 0 bridgehead atoms.